The molecule has 0 radical (unpaired) electrons. The van der Waals surface area contributed by atoms with Gasteiger partial charge in [0.2, 0.25) is 0 Å². The molecule has 0 fully saturated rings. The van der Waals surface area contributed by atoms with Crippen molar-refractivity contribution in [2.75, 3.05) is 6.26 Å². The highest BCUT2D eigenvalue weighted by Crippen LogP contribution is 2.36. The average Bonchev–Trinajstić information content (AvgIpc) is 3.51. The van der Waals surface area contributed by atoms with Crippen LogP contribution < -0.4 is 0 Å². The van der Waals surface area contributed by atoms with Crippen molar-refractivity contribution in [2.24, 2.45) is 0 Å². The number of rotatable bonds is 5. The lowest BCUT2D eigenvalue weighted by Crippen LogP contribution is -1.97. The summed E-state index contributed by atoms with van der Waals surface area (Å²) in [5.41, 5.74) is 6.16. The van der Waals surface area contributed by atoms with Gasteiger partial charge in [-0.1, -0.05) is 53.5 Å². The third-order valence-electron chi connectivity index (χ3n) is 5.26. The van der Waals surface area contributed by atoms with E-state index >= 15 is 0 Å². The van der Waals surface area contributed by atoms with E-state index in [0.717, 1.165) is 28.3 Å². The predicted octanol–water partition coefficient (Wildman–Crippen LogP) is 8.96. The molecular formula is C26H18Cl2N2S2. The van der Waals surface area contributed by atoms with Crippen LogP contribution >= 0.6 is 46.3 Å². The summed E-state index contributed by atoms with van der Waals surface area (Å²) >= 11 is 16.3. The fraction of sp³-hybridized carbons (Fsp3) is 0.0385. The van der Waals surface area contributed by atoms with E-state index in [1.165, 1.54) is 16.0 Å². The fourth-order valence-corrected chi connectivity index (χ4v) is 5.10. The molecule has 5 aromatic rings. The molecule has 0 aliphatic carbocycles. The van der Waals surface area contributed by atoms with Crippen LogP contribution in [0.25, 0.3) is 39.5 Å². The van der Waals surface area contributed by atoms with Crippen LogP contribution in [0, 0.1) is 0 Å². The van der Waals surface area contributed by atoms with Crippen LogP contribution in [-0.4, -0.2) is 15.8 Å². The normalized spacial score (nSPS) is 11.1. The van der Waals surface area contributed by atoms with Crippen molar-refractivity contribution in [3.63, 3.8) is 0 Å². The molecule has 0 aliphatic heterocycles. The van der Waals surface area contributed by atoms with Gasteiger partial charge in [0.15, 0.2) is 0 Å². The molecule has 5 rings (SSSR count). The van der Waals surface area contributed by atoms with Crippen molar-refractivity contribution >= 4 is 46.3 Å². The van der Waals surface area contributed by atoms with Crippen LogP contribution in [0.3, 0.4) is 0 Å². The minimum Gasteiger partial charge on any atom is -0.299 e. The first kappa shape index (κ1) is 21.4. The molecule has 2 heterocycles. The lowest BCUT2D eigenvalue weighted by atomic mass is 10.1. The summed E-state index contributed by atoms with van der Waals surface area (Å²) in [6.45, 7) is 0. The Kier molecular flexibility index (Phi) is 6.11. The van der Waals surface area contributed by atoms with Gasteiger partial charge in [0.05, 0.1) is 15.7 Å². The first-order valence-electron chi connectivity index (χ1n) is 9.95. The molecule has 2 aromatic heterocycles. The Labute approximate surface area is 205 Å². The summed E-state index contributed by atoms with van der Waals surface area (Å²) in [4.78, 5) is 6.18. The first-order valence-corrected chi connectivity index (χ1v) is 12.9. The SMILES string of the molecule is CSc1cccc(-c2ccc(-n3cc(-c4ccsc4)nc3-c3cccc(Cl)c3Cl)cc2)c1. The number of thiophene rings is 1. The molecule has 0 saturated heterocycles. The van der Waals surface area contributed by atoms with E-state index in [9.17, 15) is 0 Å². The van der Waals surface area contributed by atoms with Crippen LogP contribution in [0.1, 0.15) is 0 Å². The fourth-order valence-electron chi connectivity index (χ4n) is 3.61. The molecule has 0 aliphatic rings. The zero-order valence-electron chi connectivity index (χ0n) is 17.1. The van der Waals surface area contributed by atoms with E-state index in [2.05, 4.69) is 82.4 Å². The lowest BCUT2D eigenvalue weighted by Gasteiger charge is -2.11. The molecule has 0 bridgehead atoms. The van der Waals surface area contributed by atoms with E-state index < -0.39 is 0 Å². The van der Waals surface area contributed by atoms with Gasteiger partial charge >= 0.3 is 0 Å². The highest BCUT2D eigenvalue weighted by Gasteiger charge is 2.17. The summed E-state index contributed by atoms with van der Waals surface area (Å²) in [6, 6.07) is 24.8. The molecule has 3 aromatic carbocycles. The Morgan fingerprint density at radius 1 is 0.875 bits per heavy atom. The van der Waals surface area contributed by atoms with Crippen LogP contribution in [0.5, 0.6) is 0 Å². The zero-order valence-corrected chi connectivity index (χ0v) is 20.3. The minimum atomic E-state index is 0.503. The van der Waals surface area contributed by atoms with Crippen molar-refractivity contribution < 1.29 is 0 Å². The summed E-state index contributed by atoms with van der Waals surface area (Å²) < 4.78 is 2.08. The van der Waals surface area contributed by atoms with Crippen LogP contribution in [-0.2, 0) is 0 Å². The quantitative estimate of drug-likeness (QED) is 0.227. The molecular weight excluding hydrogens is 475 g/mol. The molecule has 0 spiro atoms. The van der Waals surface area contributed by atoms with Gasteiger partial charge in [-0.25, -0.2) is 4.98 Å². The van der Waals surface area contributed by atoms with Gasteiger partial charge in [0.25, 0.3) is 0 Å². The molecule has 0 saturated carbocycles. The van der Waals surface area contributed by atoms with E-state index in [-0.39, 0.29) is 0 Å². The highest BCUT2D eigenvalue weighted by atomic mass is 35.5. The third-order valence-corrected chi connectivity index (χ3v) is 7.49. The monoisotopic (exact) mass is 492 g/mol. The number of nitrogens with zero attached hydrogens (tertiary/aromatic N) is 2. The highest BCUT2D eigenvalue weighted by molar-refractivity contribution is 7.98. The van der Waals surface area contributed by atoms with Crippen molar-refractivity contribution in [1.29, 1.82) is 0 Å². The standard InChI is InChI=1S/C26H18Cl2N2S2/c1-31-21-5-2-4-18(14-21)17-8-10-20(11-9-17)30-15-24(19-12-13-32-16-19)29-26(30)22-6-3-7-23(27)25(22)28/h2-16H,1H3. The van der Waals surface area contributed by atoms with Gasteiger partial charge in [-0.05, 0) is 65.2 Å². The van der Waals surface area contributed by atoms with E-state index in [1.54, 1.807) is 29.2 Å². The number of hydrogen-bond donors (Lipinski definition) is 0. The molecule has 0 atom stereocenters. The molecule has 0 N–H and O–H groups in total. The Balaban J connectivity index is 1.61. The number of imidazole rings is 1. The van der Waals surface area contributed by atoms with Crippen LogP contribution in [0.15, 0.2) is 94.6 Å². The van der Waals surface area contributed by atoms with Gasteiger partial charge in [-0.3, -0.25) is 4.57 Å². The van der Waals surface area contributed by atoms with E-state index in [1.807, 2.05) is 12.1 Å². The van der Waals surface area contributed by atoms with Crippen molar-refractivity contribution in [1.82, 2.24) is 9.55 Å². The second kappa shape index (κ2) is 9.16. The number of halogens is 2. The van der Waals surface area contributed by atoms with Crippen molar-refractivity contribution in [2.45, 2.75) is 4.90 Å². The summed E-state index contributed by atoms with van der Waals surface area (Å²) in [7, 11) is 0. The summed E-state index contributed by atoms with van der Waals surface area (Å²) in [5, 5.41) is 5.17. The Morgan fingerprint density at radius 2 is 1.69 bits per heavy atom. The van der Waals surface area contributed by atoms with Gasteiger partial charge in [-0.2, -0.15) is 11.3 Å². The number of thioether (sulfide) groups is 1. The third kappa shape index (κ3) is 4.12. The second-order valence-electron chi connectivity index (χ2n) is 7.21. The van der Waals surface area contributed by atoms with Gasteiger partial charge in [-0.15, -0.1) is 11.8 Å². The van der Waals surface area contributed by atoms with Crippen LogP contribution in [0.2, 0.25) is 10.0 Å². The van der Waals surface area contributed by atoms with Gasteiger partial charge in [0, 0.05) is 33.3 Å². The molecule has 6 heteroatoms. The molecule has 158 valence electrons. The number of aromatic nitrogens is 2. The Hall–Kier alpha value is -2.50. The largest absolute Gasteiger partial charge is 0.299 e. The molecule has 0 amide bonds. The smallest absolute Gasteiger partial charge is 0.146 e. The first-order chi connectivity index (χ1) is 15.6. The minimum absolute atomic E-state index is 0.503. The van der Waals surface area contributed by atoms with E-state index in [4.69, 9.17) is 28.2 Å². The molecule has 32 heavy (non-hydrogen) atoms. The maximum atomic E-state index is 6.57. The maximum Gasteiger partial charge on any atom is 0.146 e. The van der Waals surface area contributed by atoms with Gasteiger partial charge < -0.3 is 0 Å². The summed E-state index contributed by atoms with van der Waals surface area (Å²) in [5.74, 6) is 0.760. The van der Waals surface area contributed by atoms with Gasteiger partial charge in [0.1, 0.15) is 5.82 Å². The number of hydrogen-bond acceptors (Lipinski definition) is 3. The molecule has 2 nitrogen and oxygen atoms in total. The van der Waals surface area contributed by atoms with Crippen molar-refractivity contribution in [3.8, 4) is 39.5 Å². The van der Waals surface area contributed by atoms with E-state index in [0.29, 0.717) is 10.0 Å². The van der Waals surface area contributed by atoms with Crippen molar-refractivity contribution in [3.05, 3.63) is 99.8 Å². The summed E-state index contributed by atoms with van der Waals surface area (Å²) in [6.07, 6.45) is 4.15. The topological polar surface area (TPSA) is 17.8 Å². The Bertz CT molecular complexity index is 1370. The molecule has 0 unspecified atom stereocenters. The lowest BCUT2D eigenvalue weighted by molar-refractivity contribution is 1.07. The van der Waals surface area contributed by atoms with Crippen LogP contribution in [0.4, 0.5) is 0 Å². The maximum absolute atomic E-state index is 6.57. The zero-order chi connectivity index (χ0) is 22.1. The second-order valence-corrected chi connectivity index (χ2v) is 9.66. The Morgan fingerprint density at radius 3 is 2.44 bits per heavy atom. The predicted molar refractivity (Wildman–Crippen MR) is 140 cm³/mol. The number of benzene rings is 3. The average molecular weight is 493 g/mol.